The summed E-state index contributed by atoms with van der Waals surface area (Å²) in [5, 5.41) is 3.75. The van der Waals surface area contributed by atoms with E-state index in [1.54, 1.807) is 0 Å². The molecule has 0 fully saturated rings. The van der Waals surface area contributed by atoms with Gasteiger partial charge in [0.2, 0.25) is 0 Å². The summed E-state index contributed by atoms with van der Waals surface area (Å²) in [5.41, 5.74) is 4.82. The number of nitrogens with one attached hydrogen (secondary N) is 1. The van der Waals surface area contributed by atoms with Crippen LogP contribution in [0.5, 0.6) is 5.75 Å². The number of ether oxygens (including phenoxy) is 1. The fraction of sp³-hybridized carbons (Fsp3) is 0.259. The Balaban J connectivity index is 1.37. The normalized spacial score (nSPS) is 11.0. The maximum atomic E-state index is 12.4. The highest BCUT2D eigenvalue weighted by atomic mass is 35.5. The summed E-state index contributed by atoms with van der Waals surface area (Å²) in [5.74, 6) is 1.76. The van der Waals surface area contributed by atoms with E-state index >= 15 is 0 Å². The predicted molar refractivity (Wildman–Crippen MR) is 133 cm³/mol. The zero-order valence-corrected chi connectivity index (χ0v) is 19.7. The first-order valence-corrected chi connectivity index (χ1v) is 11.6. The second-order valence-electron chi connectivity index (χ2n) is 8.16. The number of imidazole rings is 1. The molecule has 170 valence electrons. The van der Waals surface area contributed by atoms with E-state index in [4.69, 9.17) is 21.3 Å². The topological polar surface area (TPSA) is 56.2 Å². The van der Waals surface area contributed by atoms with E-state index in [0.29, 0.717) is 25.3 Å². The molecule has 0 aliphatic rings. The maximum Gasteiger partial charge on any atom is 0.251 e. The molecule has 0 unspecified atom stereocenters. The van der Waals surface area contributed by atoms with Crippen molar-refractivity contribution in [1.82, 2.24) is 14.9 Å². The van der Waals surface area contributed by atoms with Crippen LogP contribution in [0.3, 0.4) is 0 Å². The highest BCUT2D eigenvalue weighted by molar-refractivity contribution is 6.31. The highest BCUT2D eigenvalue weighted by Crippen LogP contribution is 2.22. The lowest BCUT2D eigenvalue weighted by Crippen LogP contribution is -2.25. The minimum Gasteiger partial charge on any atom is -0.492 e. The molecule has 1 amide bonds. The molecule has 0 atom stereocenters. The number of benzene rings is 3. The third-order valence-corrected chi connectivity index (χ3v) is 6.01. The summed E-state index contributed by atoms with van der Waals surface area (Å²) in [4.78, 5) is 17.2. The standard InChI is InChI=1S/C27H28ClN3O2/c1-19-7-5-8-21(17-19)27(32)29-14-6-11-26-30-24-9-3-4-10-25(24)31(26)15-16-33-22-12-13-23(28)20(2)18-22/h3-5,7-10,12-13,17-18H,6,11,14-16H2,1-2H3,(H,29,32). The number of carbonyl (C=O) groups is 1. The van der Waals surface area contributed by atoms with E-state index in [1.165, 1.54) is 0 Å². The molecule has 1 N–H and O–H groups in total. The predicted octanol–water partition coefficient (Wildman–Crippen LogP) is 5.75. The Morgan fingerprint density at radius 3 is 2.73 bits per heavy atom. The van der Waals surface area contributed by atoms with Crippen molar-refractivity contribution in [2.45, 2.75) is 33.2 Å². The summed E-state index contributed by atoms with van der Waals surface area (Å²) >= 11 is 6.11. The molecule has 1 heterocycles. The van der Waals surface area contributed by atoms with Gasteiger partial charge >= 0.3 is 0 Å². The van der Waals surface area contributed by atoms with Gasteiger partial charge in [-0.2, -0.15) is 0 Å². The summed E-state index contributed by atoms with van der Waals surface area (Å²) < 4.78 is 8.18. The number of rotatable bonds is 9. The molecule has 3 aromatic carbocycles. The van der Waals surface area contributed by atoms with Gasteiger partial charge in [-0.3, -0.25) is 4.79 Å². The molecule has 0 saturated heterocycles. The van der Waals surface area contributed by atoms with Crippen LogP contribution in [-0.4, -0.2) is 28.6 Å². The molecule has 4 rings (SSSR count). The number of amides is 1. The molecule has 0 saturated carbocycles. The summed E-state index contributed by atoms with van der Waals surface area (Å²) in [6.45, 7) is 5.76. The van der Waals surface area contributed by atoms with Crippen molar-refractivity contribution < 1.29 is 9.53 Å². The van der Waals surface area contributed by atoms with Gasteiger partial charge in [0.15, 0.2) is 0 Å². The molecule has 0 aliphatic carbocycles. The first-order valence-electron chi connectivity index (χ1n) is 11.2. The van der Waals surface area contributed by atoms with Crippen LogP contribution in [0.15, 0.2) is 66.7 Å². The minimum absolute atomic E-state index is 0.0427. The highest BCUT2D eigenvalue weighted by Gasteiger charge is 2.11. The second kappa shape index (κ2) is 10.5. The minimum atomic E-state index is -0.0427. The lowest BCUT2D eigenvalue weighted by Gasteiger charge is -2.12. The molecule has 1 aromatic heterocycles. The number of para-hydroxylation sites is 2. The average Bonchev–Trinajstić information content (AvgIpc) is 3.16. The van der Waals surface area contributed by atoms with Crippen LogP contribution in [-0.2, 0) is 13.0 Å². The number of hydrogen-bond acceptors (Lipinski definition) is 3. The van der Waals surface area contributed by atoms with Gasteiger partial charge < -0.3 is 14.6 Å². The molecular formula is C27H28ClN3O2. The van der Waals surface area contributed by atoms with Crippen molar-refractivity contribution in [3.8, 4) is 5.75 Å². The molecule has 0 radical (unpaired) electrons. The number of fused-ring (bicyclic) bond motifs is 1. The Bertz CT molecular complexity index is 1270. The zero-order valence-electron chi connectivity index (χ0n) is 19.0. The molecule has 33 heavy (non-hydrogen) atoms. The zero-order chi connectivity index (χ0) is 23.2. The Kier molecular flexibility index (Phi) is 7.30. The fourth-order valence-electron chi connectivity index (χ4n) is 3.86. The first kappa shape index (κ1) is 22.9. The number of aromatic nitrogens is 2. The van der Waals surface area contributed by atoms with Crippen LogP contribution >= 0.6 is 11.6 Å². The molecule has 5 nitrogen and oxygen atoms in total. The van der Waals surface area contributed by atoms with Gasteiger partial charge in [0.25, 0.3) is 5.91 Å². The van der Waals surface area contributed by atoms with Gasteiger partial charge in [-0.1, -0.05) is 41.4 Å². The van der Waals surface area contributed by atoms with Crippen LogP contribution in [0.25, 0.3) is 11.0 Å². The molecule has 4 aromatic rings. The Hall–Kier alpha value is -3.31. The van der Waals surface area contributed by atoms with Gasteiger partial charge in [-0.25, -0.2) is 4.98 Å². The molecule has 6 heteroatoms. The monoisotopic (exact) mass is 461 g/mol. The number of hydrogen-bond donors (Lipinski definition) is 1. The lowest BCUT2D eigenvalue weighted by atomic mass is 10.1. The summed E-state index contributed by atoms with van der Waals surface area (Å²) in [6, 6.07) is 21.4. The van der Waals surface area contributed by atoms with E-state index in [1.807, 2.05) is 74.5 Å². The number of halogens is 1. The molecule has 0 aliphatic heterocycles. The number of aryl methyl sites for hydroxylation is 3. The van der Waals surface area contributed by atoms with Gasteiger partial charge in [-0.15, -0.1) is 0 Å². The SMILES string of the molecule is Cc1cccc(C(=O)NCCCc2nc3ccccc3n2CCOc2ccc(Cl)c(C)c2)c1. The fourth-order valence-corrected chi connectivity index (χ4v) is 3.98. The van der Waals surface area contributed by atoms with Gasteiger partial charge in [0, 0.05) is 23.6 Å². The van der Waals surface area contributed by atoms with Crippen LogP contribution in [0.2, 0.25) is 5.02 Å². The molecule has 0 spiro atoms. The Morgan fingerprint density at radius 2 is 1.91 bits per heavy atom. The number of carbonyl (C=O) groups excluding carboxylic acids is 1. The molecular weight excluding hydrogens is 434 g/mol. The summed E-state index contributed by atoms with van der Waals surface area (Å²) in [6.07, 6.45) is 1.57. The summed E-state index contributed by atoms with van der Waals surface area (Å²) in [7, 11) is 0. The average molecular weight is 462 g/mol. The van der Waals surface area contributed by atoms with Crippen LogP contribution in [0.4, 0.5) is 0 Å². The van der Waals surface area contributed by atoms with E-state index in [9.17, 15) is 4.79 Å². The Morgan fingerprint density at radius 1 is 1.06 bits per heavy atom. The quantitative estimate of drug-likeness (QED) is 0.323. The van der Waals surface area contributed by atoms with Crippen molar-refractivity contribution in [2.75, 3.05) is 13.2 Å². The van der Waals surface area contributed by atoms with Crippen molar-refractivity contribution in [2.24, 2.45) is 0 Å². The third kappa shape index (κ3) is 5.74. The second-order valence-corrected chi connectivity index (χ2v) is 8.56. The maximum absolute atomic E-state index is 12.4. The van der Waals surface area contributed by atoms with Crippen molar-refractivity contribution in [1.29, 1.82) is 0 Å². The van der Waals surface area contributed by atoms with E-state index < -0.39 is 0 Å². The Labute approximate surface area is 199 Å². The van der Waals surface area contributed by atoms with Crippen molar-refractivity contribution in [3.05, 3.63) is 94.3 Å². The van der Waals surface area contributed by atoms with E-state index in [-0.39, 0.29) is 5.91 Å². The van der Waals surface area contributed by atoms with Crippen LogP contribution < -0.4 is 10.1 Å². The smallest absolute Gasteiger partial charge is 0.251 e. The lowest BCUT2D eigenvalue weighted by molar-refractivity contribution is 0.0953. The van der Waals surface area contributed by atoms with E-state index in [0.717, 1.165) is 51.6 Å². The largest absolute Gasteiger partial charge is 0.492 e. The van der Waals surface area contributed by atoms with Crippen LogP contribution in [0, 0.1) is 13.8 Å². The first-order chi connectivity index (χ1) is 16.0. The van der Waals surface area contributed by atoms with Crippen LogP contribution in [0.1, 0.15) is 33.7 Å². The van der Waals surface area contributed by atoms with Gasteiger partial charge in [0.05, 0.1) is 17.6 Å². The van der Waals surface area contributed by atoms with Gasteiger partial charge in [-0.05, 0) is 68.3 Å². The third-order valence-electron chi connectivity index (χ3n) is 5.59. The van der Waals surface area contributed by atoms with Crippen molar-refractivity contribution in [3.63, 3.8) is 0 Å². The number of nitrogens with zero attached hydrogens (tertiary/aromatic N) is 2. The van der Waals surface area contributed by atoms with Crippen molar-refractivity contribution >= 4 is 28.5 Å². The van der Waals surface area contributed by atoms with E-state index in [2.05, 4.69) is 16.0 Å². The molecule has 0 bridgehead atoms. The van der Waals surface area contributed by atoms with Gasteiger partial charge in [0.1, 0.15) is 18.2 Å².